The van der Waals surface area contributed by atoms with Gasteiger partial charge in [-0.3, -0.25) is 4.79 Å². The Morgan fingerprint density at radius 1 is 1.15 bits per heavy atom. The lowest BCUT2D eigenvalue weighted by Gasteiger charge is -2.32. The second-order valence-electron chi connectivity index (χ2n) is 6.86. The fourth-order valence-electron chi connectivity index (χ4n) is 4.16. The maximum atomic E-state index is 13.5. The first-order chi connectivity index (χ1) is 12.8. The van der Waals surface area contributed by atoms with Crippen LogP contribution in [0.15, 0.2) is 23.1 Å². The van der Waals surface area contributed by atoms with Crippen molar-refractivity contribution >= 4 is 33.6 Å². The molecule has 0 spiro atoms. The van der Waals surface area contributed by atoms with Gasteiger partial charge in [0.25, 0.3) is 0 Å². The van der Waals surface area contributed by atoms with E-state index in [-0.39, 0.29) is 27.4 Å². The molecule has 1 saturated carbocycles. The molecule has 0 radical (unpaired) electrons. The summed E-state index contributed by atoms with van der Waals surface area (Å²) in [5, 5.41) is -0.00877. The molecule has 1 aliphatic heterocycles. The second-order valence-corrected chi connectivity index (χ2v) is 9.08. The molecule has 0 N–H and O–H groups in total. The summed E-state index contributed by atoms with van der Waals surface area (Å²) in [7, 11) is -1.65. The van der Waals surface area contributed by atoms with E-state index in [2.05, 4.69) is 4.74 Å². The van der Waals surface area contributed by atoms with E-state index in [0.29, 0.717) is 12.8 Å². The molecule has 2 fully saturated rings. The monoisotopic (exact) mass is 415 g/mol. The minimum absolute atomic E-state index is 0.00877. The van der Waals surface area contributed by atoms with Crippen LogP contribution >= 0.6 is 11.6 Å². The predicted molar refractivity (Wildman–Crippen MR) is 98.0 cm³/mol. The number of carbonyl (C=O) groups excluding carboxylic acids is 2. The van der Waals surface area contributed by atoms with Gasteiger partial charge in [0.1, 0.15) is 10.9 Å². The molecule has 1 aromatic carbocycles. The summed E-state index contributed by atoms with van der Waals surface area (Å²) >= 11 is 6.17. The average Bonchev–Trinajstić information content (AvgIpc) is 3.07. The van der Waals surface area contributed by atoms with Crippen molar-refractivity contribution in [2.75, 3.05) is 14.2 Å². The summed E-state index contributed by atoms with van der Waals surface area (Å²) in [6.45, 7) is 0. The fourth-order valence-corrected chi connectivity index (χ4v) is 6.53. The maximum absolute atomic E-state index is 13.5. The highest BCUT2D eigenvalue weighted by atomic mass is 35.5. The van der Waals surface area contributed by atoms with E-state index in [0.717, 1.165) is 19.3 Å². The molecule has 1 heterocycles. The highest BCUT2D eigenvalue weighted by Crippen LogP contribution is 2.44. The highest BCUT2D eigenvalue weighted by molar-refractivity contribution is 7.89. The van der Waals surface area contributed by atoms with Crippen molar-refractivity contribution in [3.63, 3.8) is 0 Å². The Balaban J connectivity index is 2.08. The Morgan fingerprint density at radius 2 is 1.85 bits per heavy atom. The Bertz CT molecular complexity index is 855. The van der Waals surface area contributed by atoms with Gasteiger partial charge in [0.15, 0.2) is 0 Å². The molecule has 2 aliphatic rings. The highest BCUT2D eigenvalue weighted by Gasteiger charge is 2.51. The van der Waals surface area contributed by atoms with Crippen LogP contribution in [0.1, 0.15) is 42.5 Å². The average molecular weight is 416 g/mol. The van der Waals surface area contributed by atoms with E-state index in [1.54, 1.807) is 0 Å². The fraction of sp³-hybridized carbons (Fsp3) is 0.556. The number of esters is 2. The Kier molecular flexibility index (Phi) is 5.79. The molecule has 1 aromatic rings. The number of halogens is 1. The molecule has 9 heteroatoms. The quantitative estimate of drug-likeness (QED) is 0.702. The van der Waals surface area contributed by atoms with Crippen LogP contribution in [0, 0.1) is 5.92 Å². The molecule has 1 aliphatic carbocycles. The van der Waals surface area contributed by atoms with Crippen LogP contribution in [0.2, 0.25) is 5.02 Å². The van der Waals surface area contributed by atoms with Gasteiger partial charge < -0.3 is 9.47 Å². The lowest BCUT2D eigenvalue weighted by molar-refractivity contribution is -0.144. The number of rotatable bonds is 4. The molecular weight excluding hydrogens is 394 g/mol. The van der Waals surface area contributed by atoms with Crippen molar-refractivity contribution in [2.45, 2.75) is 49.1 Å². The van der Waals surface area contributed by atoms with Gasteiger partial charge in [-0.2, -0.15) is 4.31 Å². The molecule has 0 amide bonds. The first-order valence-corrected chi connectivity index (χ1v) is 10.6. The largest absolute Gasteiger partial charge is 0.468 e. The number of ether oxygens (including phenoxy) is 2. The van der Waals surface area contributed by atoms with Gasteiger partial charge in [-0.05, 0) is 43.4 Å². The molecule has 0 aromatic heterocycles. The smallest absolute Gasteiger partial charge is 0.337 e. The molecule has 3 unspecified atom stereocenters. The standard InChI is InChI=1S/C18H22ClNO6S/c1-25-17(21)12-7-8-13(19)16(10-12)27(23,24)20-14-6-4-3-5-11(14)9-15(20)18(22)26-2/h7-8,10-11,14-15H,3-6,9H2,1-2H3. The second kappa shape index (κ2) is 7.77. The van der Waals surface area contributed by atoms with E-state index >= 15 is 0 Å². The summed E-state index contributed by atoms with van der Waals surface area (Å²) in [6.07, 6.45) is 3.91. The van der Waals surface area contributed by atoms with Crippen molar-refractivity contribution in [3.05, 3.63) is 28.8 Å². The van der Waals surface area contributed by atoms with Gasteiger partial charge in [0, 0.05) is 6.04 Å². The number of sulfonamides is 1. The van der Waals surface area contributed by atoms with Gasteiger partial charge in [-0.1, -0.05) is 24.4 Å². The molecule has 3 atom stereocenters. The van der Waals surface area contributed by atoms with Crippen LogP contribution in [0.5, 0.6) is 0 Å². The third-order valence-electron chi connectivity index (χ3n) is 5.41. The zero-order valence-electron chi connectivity index (χ0n) is 15.2. The van der Waals surface area contributed by atoms with Crippen LogP contribution in [-0.4, -0.2) is 51.0 Å². The number of hydrogen-bond acceptors (Lipinski definition) is 6. The van der Waals surface area contributed by atoms with E-state index in [4.69, 9.17) is 16.3 Å². The summed E-state index contributed by atoms with van der Waals surface area (Å²) in [5.74, 6) is -1.13. The lowest BCUT2D eigenvalue weighted by Crippen LogP contribution is -2.46. The van der Waals surface area contributed by atoms with Gasteiger partial charge in [-0.15, -0.1) is 0 Å². The number of carbonyl (C=O) groups is 2. The first kappa shape index (κ1) is 20.1. The number of nitrogens with zero attached hydrogens (tertiary/aromatic N) is 1. The Labute approximate surface area is 163 Å². The Morgan fingerprint density at radius 3 is 2.52 bits per heavy atom. The van der Waals surface area contributed by atoms with Gasteiger partial charge in [0.05, 0.1) is 24.8 Å². The molecule has 148 valence electrons. The molecule has 7 nitrogen and oxygen atoms in total. The van der Waals surface area contributed by atoms with Crippen LogP contribution in [0.3, 0.4) is 0 Å². The summed E-state index contributed by atoms with van der Waals surface area (Å²) in [4.78, 5) is 23.9. The maximum Gasteiger partial charge on any atom is 0.337 e. The zero-order valence-corrected chi connectivity index (χ0v) is 16.8. The van der Waals surface area contributed by atoms with Crippen LogP contribution in [-0.2, 0) is 24.3 Å². The molecule has 0 bridgehead atoms. The topological polar surface area (TPSA) is 90.0 Å². The number of hydrogen-bond donors (Lipinski definition) is 0. The summed E-state index contributed by atoms with van der Waals surface area (Å²) in [5.41, 5.74) is 0.0782. The molecule has 1 saturated heterocycles. The predicted octanol–water partition coefficient (Wildman–Crippen LogP) is 2.62. The first-order valence-electron chi connectivity index (χ1n) is 8.80. The minimum atomic E-state index is -4.12. The zero-order chi connectivity index (χ0) is 19.8. The van der Waals surface area contributed by atoms with E-state index in [9.17, 15) is 18.0 Å². The van der Waals surface area contributed by atoms with E-state index in [1.165, 1.54) is 36.7 Å². The number of benzene rings is 1. The van der Waals surface area contributed by atoms with Gasteiger partial charge in [-0.25, -0.2) is 13.2 Å². The van der Waals surface area contributed by atoms with Crippen molar-refractivity contribution < 1.29 is 27.5 Å². The van der Waals surface area contributed by atoms with Gasteiger partial charge in [0.2, 0.25) is 10.0 Å². The summed E-state index contributed by atoms with van der Waals surface area (Å²) < 4.78 is 37.8. The third-order valence-corrected chi connectivity index (χ3v) is 7.83. The number of fused-ring (bicyclic) bond motifs is 1. The van der Waals surface area contributed by atoms with Crippen molar-refractivity contribution in [3.8, 4) is 0 Å². The Hall–Kier alpha value is -1.64. The molecular formula is C18H22ClNO6S. The molecule has 27 heavy (non-hydrogen) atoms. The SMILES string of the molecule is COC(=O)c1ccc(Cl)c(S(=O)(=O)N2C(C(=O)OC)CC3CCCCC32)c1. The third kappa shape index (κ3) is 3.58. The normalized spacial score (nSPS) is 25.7. The van der Waals surface area contributed by atoms with Crippen molar-refractivity contribution in [1.82, 2.24) is 4.31 Å². The van der Waals surface area contributed by atoms with Crippen molar-refractivity contribution in [2.24, 2.45) is 5.92 Å². The lowest BCUT2D eigenvalue weighted by atomic mass is 9.85. The van der Waals surface area contributed by atoms with E-state index in [1.807, 2.05) is 0 Å². The van der Waals surface area contributed by atoms with E-state index < -0.39 is 28.0 Å². The summed E-state index contributed by atoms with van der Waals surface area (Å²) in [6, 6.07) is 2.80. The van der Waals surface area contributed by atoms with Gasteiger partial charge >= 0.3 is 11.9 Å². The van der Waals surface area contributed by atoms with Crippen LogP contribution in [0.4, 0.5) is 0 Å². The van der Waals surface area contributed by atoms with Crippen LogP contribution in [0.25, 0.3) is 0 Å². The molecule has 3 rings (SSSR count). The van der Waals surface area contributed by atoms with Crippen molar-refractivity contribution in [1.29, 1.82) is 0 Å². The minimum Gasteiger partial charge on any atom is -0.468 e. The van der Waals surface area contributed by atoms with Crippen LogP contribution < -0.4 is 0 Å². The number of methoxy groups -OCH3 is 2.